The number of fused-ring (bicyclic) bond motifs is 1. The van der Waals surface area contributed by atoms with E-state index in [0.29, 0.717) is 16.7 Å². The Labute approximate surface area is 184 Å². The van der Waals surface area contributed by atoms with Gasteiger partial charge in [0, 0.05) is 18.1 Å². The van der Waals surface area contributed by atoms with Crippen LogP contribution in [0, 0.1) is 0 Å². The van der Waals surface area contributed by atoms with Crippen LogP contribution in [0.25, 0.3) is 0 Å². The van der Waals surface area contributed by atoms with Crippen molar-refractivity contribution in [2.75, 3.05) is 12.9 Å². The number of hydrogen-bond acceptors (Lipinski definition) is 7. The van der Waals surface area contributed by atoms with E-state index in [9.17, 15) is 4.79 Å². The Bertz CT molecular complexity index is 1130. The first-order valence-electron chi connectivity index (χ1n) is 9.70. The lowest BCUT2D eigenvalue weighted by Gasteiger charge is -2.19. The van der Waals surface area contributed by atoms with Gasteiger partial charge in [-0.2, -0.15) is 0 Å². The van der Waals surface area contributed by atoms with Crippen molar-refractivity contribution in [1.82, 2.24) is 15.3 Å². The van der Waals surface area contributed by atoms with E-state index in [1.165, 1.54) is 11.8 Å². The first-order chi connectivity index (χ1) is 15.1. The molecule has 2 heterocycles. The standard InChI is InChI=1S/C23H21N5O2S/c1-15-21(16-8-10-17(30-2)11-9-16)22(27-19-7-4-3-6-18(19)26-15)28-20(29)14-31-23-24-12-5-13-25-23/h3-13,21H,14H2,1-2H3,(H,27,28,29)/t21-/m0/s1. The average Bonchev–Trinajstić information content (AvgIpc) is 2.93. The summed E-state index contributed by atoms with van der Waals surface area (Å²) in [5.41, 5.74) is 3.29. The number of amides is 1. The van der Waals surface area contributed by atoms with Crippen LogP contribution in [0.1, 0.15) is 18.4 Å². The lowest BCUT2D eigenvalue weighted by Crippen LogP contribution is -2.38. The van der Waals surface area contributed by atoms with Crippen molar-refractivity contribution < 1.29 is 9.53 Å². The van der Waals surface area contributed by atoms with Gasteiger partial charge in [0.1, 0.15) is 11.6 Å². The molecule has 1 aliphatic heterocycles. The molecule has 0 bridgehead atoms. The number of benzene rings is 2. The number of nitrogens with one attached hydrogen (secondary N) is 1. The quantitative estimate of drug-likeness (QED) is 0.480. The maximum Gasteiger partial charge on any atom is 0.235 e. The number of aliphatic imine (C=N–C) groups is 2. The minimum atomic E-state index is -0.291. The highest BCUT2D eigenvalue weighted by Gasteiger charge is 2.26. The number of carbonyl (C=O) groups is 1. The number of para-hydroxylation sites is 2. The number of ether oxygens (including phenoxy) is 1. The Morgan fingerprint density at radius 2 is 1.68 bits per heavy atom. The van der Waals surface area contributed by atoms with Crippen LogP contribution in [0.3, 0.4) is 0 Å². The molecule has 156 valence electrons. The van der Waals surface area contributed by atoms with E-state index in [-0.39, 0.29) is 17.6 Å². The number of rotatable bonds is 5. The summed E-state index contributed by atoms with van der Waals surface area (Å²) in [7, 11) is 1.63. The Morgan fingerprint density at radius 3 is 2.35 bits per heavy atom. The van der Waals surface area contributed by atoms with E-state index >= 15 is 0 Å². The fraction of sp³-hybridized carbons (Fsp3) is 0.174. The van der Waals surface area contributed by atoms with Crippen molar-refractivity contribution >= 4 is 40.6 Å². The molecule has 0 aliphatic carbocycles. The number of carbonyl (C=O) groups excluding carboxylic acids is 1. The molecule has 0 fully saturated rings. The number of nitrogens with zero attached hydrogens (tertiary/aromatic N) is 4. The largest absolute Gasteiger partial charge is 0.497 e. The highest BCUT2D eigenvalue weighted by atomic mass is 32.2. The molecule has 3 aromatic rings. The van der Waals surface area contributed by atoms with Crippen molar-refractivity contribution in [1.29, 1.82) is 0 Å². The van der Waals surface area contributed by atoms with E-state index in [0.717, 1.165) is 22.7 Å². The Balaban J connectivity index is 1.64. The van der Waals surface area contributed by atoms with Gasteiger partial charge < -0.3 is 10.1 Å². The molecule has 0 unspecified atom stereocenters. The van der Waals surface area contributed by atoms with E-state index < -0.39 is 0 Å². The summed E-state index contributed by atoms with van der Waals surface area (Å²) >= 11 is 1.27. The maximum atomic E-state index is 12.8. The van der Waals surface area contributed by atoms with Gasteiger partial charge >= 0.3 is 0 Å². The second-order valence-corrected chi connectivity index (χ2v) is 7.76. The molecule has 0 saturated carbocycles. The third-order valence-corrected chi connectivity index (χ3v) is 5.58. The molecule has 7 nitrogen and oxygen atoms in total. The SMILES string of the molecule is COc1ccc([C@@H]2C(C)=Nc3ccccc3N=C2NC(=O)CSc2ncccn2)cc1. The lowest BCUT2D eigenvalue weighted by atomic mass is 9.93. The highest BCUT2D eigenvalue weighted by molar-refractivity contribution is 7.99. The molecule has 1 aromatic heterocycles. The van der Waals surface area contributed by atoms with Gasteiger partial charge in [0.05, 0.1) is 30.2 Å². The summed E-state index contributed by atoms with van der Waals surface area (Å²) in [4.78, 5) is 30.6. The van der Waals surface area contributed by atoms with Crippen molar-refractivity contribution in [3.63, 3.8) is 0 Å². The predicted octanol–water partition coefficient (Wildman–Crippen LogP) is 4.31. The summed E-state index contributed by atoms with van der Waals surface area (Å²) in [6.45, 7) is 1.95. The summed E-state index contributed by atoms with van der Waals surface area (Å²) < 4.78 is 5.28. The molecule has 8 heteroatoms. The number of thioether (sulfide) groups is 1. The molecule has 0 radical (unpaired) electrons. The lowest BCUT2D eigenvalue weighted by molar-refractivity contribution is -0.117. The van der Waals surface area contributed by atoms with Crippen molar-refractivity contribution in [3.05, 3.63) is 72.6 Å². The van der Waals surface area contributed by atoms with E-state index in [4.69, 9.17) is 14.7 Å². The Hall–Kier alpha value is -3.52. The molecule has 0 spiro atoms. The van der Waals surface area contributed by atoms with Crippen LogP contribution in [0.5, 0.6) is 5.75 Å². The van der Waals surface area contributed by atoms with Gasteiger partial charge in [-0.05, 0) is 42.8 Å². The maximum absolute atomic E-state index is 12.8. The fourth-order valence-corrected chi connectivity index (χ4v) is 3.87. The van der Waals surface area contributed by atoms with Crippen LogP contribution < -0.4 is 10.1 Å². The van der Waals surface area contributed by atoms with Gasteiger partial charge in [0.2, 0.25) is 5.91 Å². The normalized spacial score (nSPS) is 15.2. The highest BCUT2D eigenvalue weighted by Crippen LogP contribution is 2.34. The van der Waals surface area contributed by atoms with Crippen LogP contribution in [-0.2, 0) is 4.79 Å². The summed E-state index contributed by atoms with van der Waals surface area (Å²) in [6, 6.07) is 17.1. The minimum Gasteiger partial charge on any atom is -0.497 e. The topological polar surface area (TPSA) is 88.8 Å². The molecule has 1 atom stereocenters. The summed E-state index contributed by atoms with van der Waals surface area (Å²) in [5.74, 6) is 1.01. The van der Waals surface area contributed by atoms with Gasteiger partial charge in [-0.25, -0.2) is 15.0 Å². The van der Waals surface area contributed by atoms with Crippen LogP contribution in [0.15, 0.2) is 82.1 Å². The molecule has 2 aromatic carbocycles. The predicted molar refractivity (Wildman–Crippen MR) is 123 cm³/mol. The minimum absolute atomic E-state index is 0.177. The Kier molecular flexibility index (Phi) is 6.37. The van der Waals surface area contributed by atoms with Gasteiger partial charge in [0.25, 0.3) is 0 Å². The molecule has 0 saturated heterocycles. The van der Waals surface area contributed by atoms with Gasteiger partial charge in [-0.1, -0.05) is 36.0 Å². The Morgan fingerprint density at radius 1 is 1.00 bits per heavy atom. The second kappa shape index (κ2) is 9.53. The zero-order chi connectivity index (χ0) is 21.6. The first-order valence-corrected chi connectivity index (χ1v) is 10.7. The van der Waals surface area contributed by atoms with Crippen molar-refractivity contribution in [2.45, 2.75) is 18.0 Å². The van der Waals surface area contributed by atoms with E-state index in [1.54, 1.807) is 25.6 Å². The smallest absolute Gasteiger partial charge is 0.235 e. The first kappa shape index (κ1) is 20.7. The number of hydrogen-bond donors (Lipinski definition) is 1. The number of amidine groups is 1. The fourth-order valence-electron chi connectivity index (χ4n) is 3.26. The van der Waals surface area contributed by atoms with Gasteiger partial charge in [-0.15, -0.1) is 0 Å². The average molecular weight is 432 g/mol. The molecule has 31 heavy (non-hydrogen) atoms. The van der Waals surface area contributed by atoms with E-state index in [2.05, 4.69) is 15.3 Å². The third kappa shape index (κ3) is 4.97. The van der Waals surface area contributed by atoms with Gasteiger partial charge in [-0.3, -0.25) is 9.79 Å². The zero-order valence-electron chi connectivity index (χ0n) is 17.1. The van der Waals surface area contributed by atoms with Crippen molar-refractivity contribution in [2.24, 2.45) is 9.98 Å². The zero-order valence-corrected chi connectivity index (χ0v) is 18.0. The van der Waals surface area contributed by atoms with Crippen LogP contribution >= 0.6 is 11.8 Å². The molecule has 1 N–H and O–H groups in total. The summed E-state index contributed by atoms with van der Waals surface area (Å²) in [6.07, 6.45) is 3.30. The molecule has 1 amide bonds. The monoisotopic (exact) mass is 431 g/mol. The molecule has 1 aliphatic rings. The van der Waals surface area contributed by atoms with Gasteiger partial charge in [0.15, 0.2) is 5.16 Å². The molecular formula is C23H21N5O2S. The van der Waals surface area contributed by atoms with Crippen LogP contribution in [0.2, 0.25) is 0 Å². The van der Waals surface area contributed by atoms with Crippen LogP contribution in [0.4, 0.5) is 11.4 Å². The second-order valence-electron chi connectivity index (χ2n) is 6.81. The number of aromatic nitrogens is 2. The summed E-state index contributed by atoms with van der Waals surface area (Å²) in [5, 5.41) is 3.55. The van der Waals surface area contributed by atoms with Crippen molar-refractivity contribution in [3.8, 4) is 5.75 Å². The molecular weight excluding hydrogens is 410 g/mol. The molecule has 4 rings (SSSR count). The van der Waals surface area contributed by atoms with Crippen LogP contribution in [-0.4, -0.2) is 40.3 Å². The number of methoxy groups -OCH3 is 1. The van der Waals surface area contributed by atoms with E-state index in [1.807, 2.05) is 55.5 Å². The third-order valence-electron chi connectivity index (χ3n) is 4.70.